The fourth-order valence-corrected chi connectivity index (χ4v) is 11.3. The lowest BCUT2D eigenvalue weighted by atomic mass is 10.1. The molecule has 0 bridgehead atoms. The third-order valence-electron chi connectivity index (χ3n) is 15.7. The van der Waals surface area contributed by atoms with E-state index < -0.39 is 97.5 Å². The molecule has 5 atom stereocenters. The van der Waals surface area contributed by atoms with Gasteiger partial charge in [0.2, 0.25) is 0 Å². The van der Waals surface area contributed by atoms with E-state index in [-0.39, 0.29) is 25.7 Å². The number of ether oxygens (including phenoxy) is 4. The maximum atomic E-state index is 13.1. The summed E-state index contributed by atoms with van der Waals surface area (Å²) in [5.41, 5.74) is 0. The second-order valence-electron chi connectivity index (χ2n) is 25.5. The van der Waals surface area contributed by atoms with Gasteiger partial charge in [0.05, 0.1) is 26.4 Å². The Labute approximate surface area is 629 Å². The Morgan fingerprint density at radius 1 is 0.279 bits per heavy atom. The molecular formula is C85H138O17P2. The van der Waals surface area contributed by atoms with Crippen LogP contribution in [0.4, 0.5) is 0 Å². The summed E-state index contributed by atoms with van der Waals surface area (Å²) in [6.07, 6.45) is 89.3. The van der Waals surface area contributed by atoms with Gasteiger partial charge in [0.15, 0.2) is 12.2 Å². The van der Waals surface area contributed by atoms with Crippen molar-refractivity contribution in [3.63, 3.8) is 0 Å². The number of carbonyl (C=O) groups excluding carboxylic acids is 4. The minimum atomic E-state index is -5.01. The van der Waals surface area contributed by atoms with E-state index in [0.29, 0.717) is 32.1 Å². The Kier molecular flexibility index (Phi) is 71.6. The van der Waals surface area contributed by atoms with Gasteiger partial charge in [-0.05, 0) is 154 Å². The van der Waals surface area contributed by atoms with Crippen LogP contribution in [0.3, 0.4) is 0 Å². The smallest absolute Gasteiger partial charge is 0.462 e. The highest BCUT2D eigenvalue weighted by atomic mass is 31.2. The van der Waals surface area contributed by atoms with Gasteiger partial charge in [0.1, 0.15) is 19.3 Å². The molecule has 0 saturated heterocycles. The second-order valence-corrected chi connectivity index (χ2v) is 28.4. The number of allylic oxidation sites excluding steroid dienone is 28. The molecule has 0 aliphatic rings. The molecule has 0 aromatic carbocycles. The fraction of sp³-hybridized carbons (Fsp3) is 0.624. The summed E-state index contributed by atoms with van der Waals surface area (Å²) in [5.74, 6) is -2.33. The monoisotopic (exact) mass is 1490 g/mol. The molecule has 17 nitrogen and oxygen atoms in total. The van der Waals surface area contributed by atoms with Crippen LogP contribution in [0.2, 0.25) is 0 Å². The van der Waals surface area contributed by atoms with Crippen LogP contribution in [-0.2, 0) is 65.4 Å². The van der Waals surface area contributed by atoms with Crippen molar-refractivity contribution in [1.29, 1.82) is 0 Å². The molecule has 590 valence electrons. The van der Waals surface area contributed by atoms with Gasteiger partial charge in [0.25, 0.3) is 0 Å². The molecule has 0 heterocycles. The Morgan fingerprint density at radius 3 is 0.837 bits per heavy atom. The number of phosphoric acid groups is 2. The number of rotatable bonds is 72. The number of carbonyl (C=O) groups is 4. The first-order valence-electron chi connectivity index (χ1n) is 39.4. The summed E-state index contributed by atoms with van der Waals surface area (Å²) < 4.78 is 68.4. The van der Waals surface area contributed by atoms with Crippen LogP contribution in [0.1, 0.15) is 285 Å². The molecule has 0 amide bonds. The van der Waals surface area contributed by atoms with E-state index >= 15 is 0 Å². The molecule has 0 radical (unpaired) electrons. The van der Waals surface area contributed by atoms with Crippen molar-refractivity contribution in [2.45, 2.75) is 303 Å². The van der Waals surface area contributed by atoms with E-state index in [4.69, 9.17) is 37.0 Å². The van der Waals surface area contributed by atoms with Crippen LogP contribution in [-0.4, -0.2) is 96.7 Å². The van der Waals surface area contributed by atoms with E-state index in [1.807, 2.05) is 18.2 Å². The molecular weight excluding hydrogens is 1350 g/mol. The largest absolute Gasteiger partial charge is 0.472 e. The minimum absolute atomic E-state index is 0.0264. The zero-order valence-corrected chi connectivity index (χ0v) is 66.2. The van der Waals surface area contributed by atoms with Crippen LogP contribution in [0.25, 0.3) is 0 Å². The SMILES string of the molecule is CC/C=C\C/C=C\C/C=C\C/C=C\C/C=C\C/C=C\CCC(=O)OCC(COP(=O)(O)OCC(O)COP(=O)(O)OCC(COC(=O)CCCCCCCC/C=C\C/C=C\C/C=C\C/C=C\CC)OC(=O)CCCCCCC/C=C\CCCC)OC(=O)CCCCCCC/C=C\C/C=C\C/C=C\CC. The number of phosphoric ester groups is 2. The molecule has 0 spiro atoms. The van der Waals surface area contributed by atoms with Gasteiger partial charge >= 0.3 is 39.5 Å². The zero-order chi connectivity index (χ0) is 76.0. The van der Waals surface area contributed by atoms with Crippen LogP contribution in [0.15, 0.2) is 170 Å². The number of aliphatic hydroxyl groups is 1. The first kappa shape index (κ1) is 98.4. The lowest BCUT2D eigenvalue weighted by molar-refractivity contribution is -0.161. The van der Waals surface area contributed by atoms with Crippen molar-refractivity contribution in [1.82, 2.24) is 0 Å². The van der Waals surface area contributed by atoms with Crippen LogP contribution < -0.4 is 0 Å². The molecule has 0 rings (SSSR count). The fourth-order valence-electron chi connectivity index (χ4n) is 9.76. The van der Waals surface area contributed by atoms with Crippen LogP contribution >= 0.6 is 15.6 Å². The summed E-state index contributed by atoms with van der Waals surface area (Å²) in [5, 5.41) is 10.6. The van der Waals surface area contributed by atoms with Crippen molar-refractivity contribution in [2.24, 2.45) is 0 Å². The first-order valence-corrected chi connectivity index (χ1v) is 42.4. The van der Waals surface area contributed by atoms with Gasteiger partial charge < -0.3 is 33.8 Å². The average molecular weight is 1490 g/mol. The number of hydrogen-bond donors (Lipinski definition) is 3. The van der Waals surface area contributed by atoms with Gasteiger partial charge in [-0.25, -0.2) is 9.13 Å². The third-order valence-corrected chi connectivity index (χ3v) is 17.6. The zero-order valence-electron chi connectivity index (χ0n) is 64.4. The maximum Gasteiger partial charge on any atom is 0.472 e. The summed E-state index contributed by atoms with van der Waals surface area (Å²) in [7, 11) is -10.00. The topological polar surface area (TPSA) is 237 Å². The number of unbranched alkanes of at least 4 members (excludes halogenated alkanes) is 18. The van der Waals surface area contributed by atoms with Gasteiger partial charge in [-0.15, -0.1) is 0 Å². The minimum Gasteiger partial charge on any atom is -0.462 e. The highest BCUT2D eigenvalue weighted by Gasteiger charge is 2.30. The standard InChI is InChI=1S/C85H138O17P2/c1-5-9-13-17-21-25-29-32-35-37-39-41-44-46-50-53-57-61-65-69-82(87)95-75-80(101-84(89)71-67-63-59-55-49-28-24-20-16-12-8-4)77-99-103(91,92)97-73-79(86)74-98-104(93,94)100-78-81(102-85(90)72-68-64-60-56-52-48-43-34-31-27-23-19-15-11-7-3)76-96-83(88)70-66-62-58-54-51-47-45-42-40-38-36-33-30-26-22-18-14-10-6-2/h9-11,13-15,20-27,32-36,39-43,47,51,58,62,79-81,86H,5-8,12,16-19,28-31,37-38,44-46,48-50,52-57,59-61,63-78H2,1-4H3,(H,91,92)(H,93,94)/b13-9-,14-10-,15-11-,24-20-,25-21-,26-22-,27-23-,35-32-,36-33-,41-39-,42-40-,43-34-,51-47-,62-58-. The van der Waals surface area contributed by atoms with E-state index in [2.05, 4.69) is 180 Å². The summed E-state index contributed by atoms with van der Waals surface area (Å²) in [6.45, 7) is 4.34. The van der Waals surface area contributed by atoms with Crippen molar-refractivity contribution >= 4 is 39.5 Å². The molecule has 104 heavy (non-hydrogen) atoms. The number of esters is 4. The molecule has 0 fully saturated rings. The Hall–Kier alpha value is -5.58. The number of hydrogen-bond acceptors (Lipinski definition) is 15. The molecule has 0 aromatic heterocycles. The van der Waals surface area contributed by atoms with Crippen molar-refractivity contribution < 1.29 is 80.2 Å². The van der Waals surface area contributed by atoms with E-state index in [1.165, 1.54) is 12.8 Å². The Bertz CT molecular complexity index is 2640. The van der Waals surface area contributed by atoms with E-state index in [9.17, 15) is 43.2 Å². The lowest BCUT2D eigenvalue weighted by Crippen LogP contribution is -2.30. The first-order chi connectivity index (χ1) is 50.7. The average Bonchev–Trinajstić information content (AvgIpc) is 0.929. The summed E-state index contributed by atoms with van der Waals surface area (Å²) in [6, 6.07) is 0. The molecule has 5 unspecified atom stereocenters. The highest BCUT2D eigenvalue weighted by molar-refractivity contribution is 7.47. The highest BCUT2D eigenvalue weighted by Crippen LogP contribution is 2.45. The van der Waals surface area contributed by atoms with Gasteiger partial charge in [0, 0.05) is 25.7 Å². The van der Waals surface area contributed by atoms with E-state index in [1.54, 1.807) is 0 Å². The predicted octanol–water partition coefficient (Wildman–Crippen LogP) is 23.0. The molecule has 0 aliphatic carbocycles. The summed E-state index contributed by atoms with van der Waals surface area (Å²) >= 11 is 0. The lowest BCUT2D eigenvalue weighted by Gasteiger charge is -2.21. The maximum absolute atomic E-state index is 13.1. The van der Waals surface area contributed by atoms with Crippen molar-refractivity contribution in [3.05, 3.63) is 170 Å². The summed E-state index contributed by atoms with van der Waals surface area (Å²) in [4.78, 5) is 72.9. The van der Waals surface area contributed by atoms with E-state index in [0.717, 1.165) is 186 Å². The molecule has 0 aromatic rings. The van der Waals surface area contributed by atoms with Gasteiger partial charge in [-0.3, -0.25) is 37.3 Å². The predicted molar refractivity (Wildman–Crippen MR) is 426 cm³/mol. The van der Waals surface area contributed by atoms with Crippen molar-refractivity contribution in [3.8, 4) is 0 Å². The molecule has 0 aliphatic heterocycles. The Morgan fingerprint density at radius 2 is 0.519 bits per heavy atom. The Balaban J connectivity index is 5.42. The van der Waals surface area contributed by atoms with Crippen LogP contribution in [0, 0.1) is 0 Å². The molecule has 3 N–H and O–H groups in total. The molecule has 19 heteroatoms. The normalized spacial score (nSPS) is 14.8. The molecule has 0 saturated carbocycles. The van der Waals surface area contributed by atoms with Gasteiger partial charge in [-0.2, -0.15) is 0 Å². The second kappa shape index (κ2) is 75.6. The van der Waals surface area contributed by atoms with Crippen molar-refractivity contribution in [2.75, 3.05) is 39.6 Å². The van der Waals surface area contributed by atoms with Crippen LogP contribution in [0.5, 0.6) is 0 Å². The third kappa shape index (κ3) is 74.7. The quantitative estimate of drug-likeness (QED) is 0.0169. The number of aliphatic hydroxyl groups excluding tert-OH is 1. The van der Waals surface area contributed by atoms with Gasteiger partial charge in [-0.1, -0.05) is 275 Å².